The highest BCUT2D eigenvalue weighted by molar-refractivity contribution is 5.76. The summed E-state index contributed by atoms with van der Waals surface area (Å²) in [5.74, 6) is -0.189. The fraction of sp³-hybridized carbons (Fsp3) is 0.847. The summed E-state index contributed by atoms with van der Waals surface area (Å²) in [5, 5.41) is 54.5. The largest absolute Gasteiger partial charge is 0.394 e. The molecule has 0 aromatic carbocycles. The first-order valence-corrected chi connectivity index (χ1v) is 28.9. The zero-order chi connectivity index (χ0) is 49.4. The minimum absolute atomic E-state index is 0.189. The molecule has 1 aliphatic rings. The van der Waals surface area contributed by atoms with Crippen molar-refractivity contribution in [2.75, 3.05) is 13.2 Å². The van der Waals surface area contributed by atoms with Gasteiger partial charge in [-0.1, -0.05) is 236 Å². The molecule has 0 aromatic heterocycles. The van der Waals surface area contributed by atoms with E-state index >= 15 is 0 Å². The number of ether oxygens (including phenoxy) is 2. The molecule has 6 N–H and O–H groups in total. The number of carbonyl (C=O) groups is 1. The maximum Gasteiger partial charge on any atom is 0.220 e. The maximum absolute atomic E-state index is 13.0. The summed E-state index contributed by atoms with van der Waals surface area (Å²) in [5.41, 5.74) is 0. The molecule has 0 spiro atoms. The number of allylic oxidation sites excluding steroid dienone is 7. The van der Waals surface area contributed by atoms with E-state index in [9.17, 15) is 30.3 Å². The molecule has 0 bridgehead atoms. The van der Waals surface area contributed by atoms with E-state index in [4.69, 9.17) is 9.47 Å². The van der Waals surface area contributed by atoms with E-state index in [1.165, 1.54) is 199 Å². The quantitative estimate of drug-likeness (QED) is 0.0261. The fourth-order valence-electron chi connectivity index (χ4n) is 9.01. The second-order valence-electron chi connectivity index (χ2n) is 20.1. The van der Waals surface area contributed by atoms with Crippen LogP contribution in [0.4, 0.5) is 0 Å². The second-order valence-corrected chi connectivity index (χ2v) is 20.1. The molecule has 1 heterocycles. The standard InChI is InChI=1S/C59H109NO8/c1-3-5-7-9-11-13-15-17-19-21-23-25-26-27-28-29-31-33-35-37-39-41-43-45-47-49-55(63)60-52(51-67-59-58(66)57(65)56(64)54(50-61)68-59)53(62)48-46-44-42-40-38-36-34-32-30-24-22-20-18-16-14-12-10-8-6-4-2/h21,23,30,32,38,40,46,48,52-54,56-59,61-62,64-66H,3-20,22,24-29,31,33-37,39,41-45,47,49-51H2,1-2H3,(H,60,63)/b23-21-,32-30+,40-38+,48-46+. The number of amides is 1. The lowest BCUT2D eigenvalue weighted by Crippen LogP contribution is -2.60. The Morgan fingerprint density at radius 3 is 1.24 bits per heavy atom. The monoisotopic (exact) mass is 960 g/mol. The van der Waals surface area contributed by atoms with Crippen molar-refractivity contribution in [2.45, 2.75) is 307 Å². The lowest BCUT2D eigenvalue weighted by atomic mass is 9.99. The highest BCUT2D eigenvalue weighted by atomic mass is 16.7. The van der Waals surface area contributed by atoms with Crippen LogP contribution in [0.1, 0.15) is 264 Å². The third kappa shape index (κ3) is 37.9. The van der Waals surface area contributed by atoms with Gasteiger partial charge >= 0.3 is 0 Å². The summed E-state index contributed by atoms with van der Waals surface area (Å²) in [6, 6.07) is -0.829. The van der Waals surface area contributed by atoms with Gasteiger partial charge < -0.3 is 40.3 Å². The summed E-state index contributed by atoms with van der Waals surface area (Å²) >= 11 is 0. The van der Waals surface area contributed by atoms with Crippen LogP contribution in [-0.2, 0) is 14.3 Å². The molecule has 68 heavy (non-hydrogen) atoms. The Labute approximate surface area is 418 Å². The van der Waals surface area contributed by atoms with Crippen LogP contribution in [0.2, 0.25) is 0 Å². The number of hydrogen-bond donors (Lipinski definition) is 6. The average molecular weight is 961 g/mol. The number of aliphatic hydroxyl groups is 5. The van der Waals surface area contributed by atoms with Gasteiger partial charge in [0.05, 0.1) is 25.4 Å². The van der Waals surface area contributed by atoms with Gasteiger partial charge in [-0.3, -0.25) is 4.79 Å². The Hall–Kier alpha value is -1.85. The van der Waals surface area contributed by atoms with E-state index in [1.54, 1.807) is 6.08 Å². The number of nitrogens with one attached hydrogen (secondary N) is 1. The molecule has 1 saturated heterocycles. The van der Waals surface area contributed by atoms with Gasteiger partial charge in [0.2, 0.25) is 5.91 Å². The van der Waals surface area contributed by atoms with Crippen LogP contribution >= 0.6 is 0 Å². The lowest BCUT2D eigenvalue weighted by molar-refractivity contribution is -0.302. The highest BCUT2D eigenvalue weighted by Gasteiger charge is 2.44. The lowest BCUT2D eigenvalue weighted by Gasteiger charge is -2.40. The van der Waals surface area contributed by atoms with Crippen molar-refractivity contribution < 1.29 is 39.8 Å². The molecular weight excluding hydrogens is 851 g/mol. The van der Waals surface area contributed by atoms with Crippen LogP contribution in [0.5, 0.6) is 0 Å². The van der Waals surface area contributed by atoms with Crippen LogP contribution in [0.25, 0.3) is 0 Å². The predicted molar refractivity (Wildman–Crippen MR) is 286 cm³/mol. The Morgan fingerprint density at radius 2 is 0.838 bits per heavy atom. The fourth-order valence-corrected chi connectivity index (χ4v) is 9.01. The molecule has 0 saturated carbocycles. The third-order valence-electron chi connectivity index (χ3n) is 13.6. The normalized spacial score (nSPS) is 19.9. The molecule has 0 radical (unpaired) electrons. The summed E-state index contributed by atoms with van der Waals surface area (Å²) < 4.78 is 11.3. The van der Waals surface area contributed by atoms with Crippen molar-refractivity contribution in [3.8, 4) is 0 Å². The molecule has 1 aliphatic heterocycles. The average Bonchev–Trinajstić information content (AvgIpc) is 3.34. The molecule has 9 nitrogen and oxygen atoms in total. The topological polar surface area (TPSA) is 149 Å². The molecule has 1 rings (SSSR count). The molecule has 1 amide bonds. The van der Waals surface area contributed by atoms with E-state index < -0.39 is 49.5 Å². The van der Waals surface area contributed by atoms with Crippen LogP contribution in [0, 0.1) is 0 Å². The molecule has 7 unspecified atom stereocenters. The zero-order valence-electron chi connectivity index (χ0n) is 44.1. The molecule has 0 aliphatic carbocycles. The first-order chi connectivity index (χ1) is 33.3. The molecular formula is C59H109NO8. The predicted octanol–water partition coefficient (Wildman–Crippen LogP) is 14.1. The second kappa shape index (κ2) is 48.8. The number of hydrogen-bond acceptors (Lipinski definition) is 8. The van der Waals surface area contributed by atoms with Crippen molar-refractivity contribution in [3.63, 3.8) is 0 Å². The Morgan fingerprint density at radius 1 is 0.485 bits per heavy atom. The Bertz CT molecular complexity index is 1210. The van der Waals surface area contributed by atoms with Crippen molar-refractivity contribution in [3.05, 3.63) is 48.6 Å². The first-order valence-electron chi connectivity index (χ1n) is 28.9. The van der Waals surface area contributed by atoms with Crippen molar-refractivity contribution in [1.29, 1.82) is 0 Å². The van der Waals surface area contributed by atoms with Crippen molar-refractivity contribution in [1.82, 2.24) is 5.32 Å². The van der Waals surface area contributed by atoms with Gasteiger partial charge in [-0.05, 0) is 70.6 Å². The minimum Gasteiger partial charge on any atom is -0.394 e. The first kappa shape index (κ1) is 64.2. The number of unbranched alkanes of at least 4 members (excludes halogenated alkanes) is 33. The molecule has 398 valence electrons. The highest BCUT2D eigenvalue weighted by Crippen LogP contribution is 2.23. The van der Waals surface area contributed by atoms with E-state index in [-0.39, 0.29) is 12.5 Å². The van der Waals surface area contributed by atoms with Gasteiger partial charge in [0, 0.05) is 6.42 Å². The van der Waals surface area contributed by atoms with Crippen LogP contribution < -0.4 is 5.32 Å². The smallest absolute Gasteiger partial charge is 0.220 e. The van der Waals surface area contributed by atoms with E-state index in [0.717, 1.165) is 44.9 Å². The van der Waals surface area contributed by atoms with Gasteiger partial charge in [-0.25, -0.2) is 0 Å². The molecule has 7 atom stereocenters. The summed E-state index contributed by atoms with van der Waals surface area (Å²) in [6.45, 7) is 3.78. The molecule has 1 fully saturated rings. The van der Waals surface area contributed by atoms with Gasteiger partial charge in [0.25, 0.3) is 0 Å². The number of carbonyl (C=O) groups excluding carboxylic acids is 1. The number of aliphatic hydroxyl groups excluding tert-OH is 5. The summed E-state index contributed by atoms with van der Waals surface area (Å²) in [4.78, 5) is 13.0. The Balaban J connectivity index is 2.25. The van der Waals surface area contributed by atoms with Gasteiger partial charge in [-0.15, -0.1) is 0 Å². The van der Waals surface area contributed by atoms with Crippen LogP contribution in [0.3, 0.4) is 0 Å². The van der Waals surface area contributed by atoms with Gasteiger partial charge in [-0.2, -0.15) is 0 Å². The van der Waals surface area contributed by atoms with E-state index in [1.807, 2.05) is 6.08 Å². The van der Waals surface area contributed by atoms with Crippen LogP contribution in [0.15, 0.2) is 48.6 Å². The maximum atomic E-state index is 13.0. The minimum atomic E-state index is -1.58. The van der Waals surface area contributed by atoms with Gasteiger partial charge in [0.15, 0.2) is 6.29 Å². The van der Waals surface area contributed by atoms with Crippen LogP contribution in [-0.4, -0.2) is 87.5 Å². The third-order valence-corrected chi connectivity index (χ3v) is 13.6. The number of rotatable bonds is 49. The molecule has 9 heteroatoms. The van der Waals surface area contributed by atoms with Crippen molar-refractivity contribution in [2.24, 2.45) is 0 Å². The van der Waals surface area contributed by atoms with Crippen molar-refractivity contribution >= 4 is 5.91 Å². The van der Waals surface area contributed by atoms with E-state index in [2.05, 4.69) is 55.6 Å². The van der Waals surface area contributed by atoms with Gasteiger partial charge in [0.1, 0.15) is 24.4 Å². The Kier molecular flexibility index (Phi) is 46.0. The summed E-state index contributed by atoms with van der Waals surface area (Å²) in [7, 11) is 0. The molecule has 0 aromatic rings. The van der Waals surface area contributed by atoms with E-state index in [0.29, 0.717) is 6.42 Å². The SMILES string of the molecule is CCCCCCCCCC/C=C\CCCCCCCCCCCCCCCC(=O)NC(COC1OC(CO)C(O)C(O)C1O)C(O)/C=C/CC/C=C/CC/C=C/CCCCCCCCCCCC. The summed E-state index contributed by atoms with van der Waals surface area (Å²) in [6.07, 6.45) is 57.5. The zero-order valence-corrected chi connectivity index (χ0v) is 44.1.